The standard InChI is InChI=1S/C15H18N4OS/c1-21(20)9-5-4-8-19-10-17-13-14(19)11-6-2-3-7-12(11)18-15(13)16/h2-3,6-7,10H,4-5,8-9H2,1H3,(H2,16,18). The molecular formula is C15H18N4OS. The number of aromatic nitrogens is 3. The maximum atomic E-state index is 11.1. The molecule has 2 aromatic heterocycles. The highest BCUT2D eigenvalue weighted by molar-refractivity contribution is 7.84. The molecule has 0 fully saturated rings. The molecule has 0 amide bonds. The molecule has 5 nitrogen and oxygen atoms in total. The maximum Gasteiger partial charge on any atom is 0.152 e. The fourth-order valence-corrected chi connectivity index (χ4v) is 3.17. The summed E-state index contributed by atoms with van der Waals surface area (Å²) < 4.78 is 13.2. The molecule has 1 atom stereocenters. The summed E-state index contributed by atoms with van der Waals surface area (Å²) in [5.74, 6) is 1.22. The molecule has 0 saturated heterocycles. The Morgan fingerprint density at radius 2 is 2.10 bits per heavy atom. The summed E-state index contributed by atoms with van der Waals surface area (Å²) in [6, 6.07) is 7.96. The van der Waals surface area contributed by atoms with Gasteiger partial charge in [-0.05, 0) is 18.9 Å². The maximum absolute atomic E-state index is 11.1. The van der Waals surface area contributed by atoms with Gasteiger partial charge >= 0.3 is 0 Å². The van der Waals surface area contributed by atoms with Crippen LogP contribution in [0, 0.1) is 0 Å². The van der Waals surface area contributed by atoms with E-state index in [0.717, 1.165) is 47.1 Å². The molecule has 2 N–H and O–H groups in total. The molecule has 0 aliphatic heterocycles. The topological polar surface area (TPSA) is 73.8 Å². The van der Waals surface area contributed by atoms with Gasteiger partial charge in [-0.3, -0.25) is 4.21 Å². The van der Waals surface area contributed by atoms with E-state index in [-0.39, 0.29) is 0 Å². The van der Waals surface area contributed by atoms with Gasteiger partial charge in [0.05, 0.1) is 17.4 Å². The number of para-hydroxylation sites is 1. The first-order valence-corrected chi connectivity index (χ1v) is 8.68. The van der Waals surface area contributed by atoms with Crippen LogP contribution in [0.25, 0.3) is 21.9 Å². The Morgan fingerprint density at radius 1 is 1.29 bits per heavy atom. The molecule has 0 bridgehead atoms. The zero-order valence-corrected chi connectivity index (χ0v) is 12.8. The number of nitrogen functional groups attached to an aromatic ring is 1. The number of nitrogens with zero attached hydrogens (tertiary/aromatic N) is 3. The molecule has 1 aromatic carbocycles. The summed E-state index contributed by atoms with van der Waals surface area (Å²) in [5, 5.41) is 1.07. The van der Waals surface area contributed by atoms with E-state index in [2.05, 4.69) is 14.5 Å². The quantitative estimate of drug-likeness (QED) is 0.734. The van der Waals surface area contributed by atoms with Crippen molar-refractivity contribution in [3.63, 3.8) is 0 Å². The second kappa shape index (κ2) is 5.81. The molecule has 0 radical (unpaired) electrons. The summed E-state index contributed by atoms with van der Waals surface area (Å²) in [7, 11) is -0.722. The lowest BCUT2D eigenvalue weighted by Crippen LogP contribution is -2.01. The average Bonchev–Trinajstić information content (AvgIpc) is 2.88. The summed E-state index contributed by atoms with van der Waals surface area (Å²) in [5.41, 5.74) is 8.69. The van der Waals surface area contributed by atoms with Crippen LogP contribution in [-0.2, 0) is 17.3 Å². The van der Waals surface area contributed by atoms with E-state index >= 15 is 0 Å². The second-order valence-corrected chi connectivity index (χ2v) is 6.69. The second-order valence-electron chi connectivity index (χ2n) is 5.13. The molecular weight excluding hydrogens is 284 g/mol. The minimum absolute atomic E-state index is 0.470. The summed E-state index contributed by atoms with van der Waals surface area (Å²) in [6.07, 6.45) is 5.48. The number of nitrogens with two attached hydrogens (primary N) is 1. The molecule has 3 rings (SSSR count). The number of pyridine rings is 1. The van der Waals surface area contributed by atoms with Crippen LogP contribution in [0.2, 0.25) is 0 Å². The highest BCUT2D eigenvalue weighted by Gasteiger charge is 2.11. The van der Waals surface area contributed by atoms with Crippen molar-refractivity contribution in [2.75, 3.05) is 17.7 Å². The fourth-order valence-electron chi connectivity index (χ4n) is 2.56. The monoisotopic (exact) mass is 302 g/mol. The largest absolute Gasteiger partial charge is 0.382 e. The van der Waals surface area contributed by atoms with Gasteiger partial charge in [-0.15, -0.1) is 0 Å². The molecule has 21 heavy (non-hydrogen) atoms. The van der Waals surface area contributed by atoms with E-state index in [1.807, 2.05) is 30.6 Å². The smallest absolute Gasteiger partial charge is 0.152 e. The van der Waals surface area contributed by atoms with Crippen LogP contribution >= 0.6 is 0 Å². The molecule has 0 saturated carbocycles. The molecule has 6 heteroatoms. The first kappa shape index (κ1) is 14.0. The third kappa shape index (κ3) is 2.76. The molecule has 0 aliphatic carbocycles. The van der Waals surface area contributed by atoms with Crippen LogP contribution in [0.5, 0.6) is 0 Å². The molecule has 0 aliphatic rings. The van der Waals surface area contributed by atoms with Gasteiger partial charge < -0.3 is 10.3 Å². The van der Waals surface area contributed by atoms with Crippen molar-refractivity contribution in [1.82, 2.24) is 14.5 Å². The number of hydrogen-bond donors (Lipinski definition) is 1. The number of anilines is 1. The van der Waals surface area contributed by atoms with Gasteiger partial charge in [0.2, 0.25) is 0 Å². The number of fused-ring (bicyclic) bond motifs is 3. The summed E-state index contributed by atoms with van der Waals surface area (Å²) in [6.45, 7) is 0.848. The zero-order valence-electron chi connectivity index (χ0n) is 12.0. The first-order chi connectivity index (χ1) is 10.2. The lowest BCUT2D eigenvalue weighted by molar-refractivity contribution is 0.641. The Hall–Kier alpha value is -1.95. The highest BCUT2D eigenvalue weighted by Crippen LogP contribution is 2.27. The lowest BCUT2D eigenvalue weighted by atomic mass is 10.2. The van der Waals surface area contributed by atoms with Crippen molar-refractivity contribution in [3.05, 3.63) is 30.6 Å². The van der Waals surface area contributed by atoms with Crippen molar-refractivity contribution in [1.29, 1.82) is 0 Å². The van der Waals surface area contributed by atoms with Crippen LogP contribution in [-0.4, -0.2) is 30.8 Å². The predicted octanol–water partition coefficient (Wildman–Crippen LogP) is 2.33. The molecule has 0 spiro atoms. The number of unbranched alkanes of at least 4 members (excludes halogenated alkanes) is 1. The van der Waals surface area contributed by atoms with Crippen LogP contribution in [0.1, 0.15) is 12.8 Å². The van der Waals surface area contributed by atoms with Gasteiger partial charge in [-0.25, -0.2) is 9.97 Å². The highest BCUT2D eigenvalue weighted by atomic mass is 32.2. The first-order valence-electron chi connectivity index (χ1n) is 6.96. The third-order valence-corrected chi connectivity index (χ3v) is 4.42. The minimum atomic E-state index is -0.722. The van der Waals surface area contributed by atoms with E-state index in [1.54, 1.807) is 6.26 Å². The van der Waals surface area contributed by atoms with E-state index in [4.69, 9.17) is 5.73 Å². The van der Waals surface area contributed by atoms with Crippen molar-refractivity contribution in [2.24, 2.45) is 0 Å². The van der Waals surface area contributed by atoms with Gasteiger partial charge in [0.15, 0.2) is 5.82 Å². The van der Waals surface area contributed by atoms with Crippen LogP contribution in [0.4, 0.5) is 5.82 Å². The Bertz CT molecular complexity index is 812. The summed E-state index contributed by atoms with van der Waals surface area (Å²) in [4.78, 5) is 8.80. The molecule has 110 valence electrons. The number of aryl methyl sites for hydroxylation is 1. The number of hydrogen-bond acceptors (Lipinski definition) is 4. The van der Waals surface area contributed by atoms with Gasteiger partial charge in [-0.1, -0.05) is 18.2 Å². The summed E-state index contributed by atoms with van der Waals surface area (Å²) >= 11 is 0. The van der Waals surface area contributed by atoms with Gasteiger partial charge in [0.25, 0.3) is 0 Å². The minimum Gasteiger partial charge on any atom is -0.382 e. The van der Waals surface area contributed by atoms with Gasteiger partial charge in [0, 0.05) is 34.7 Å². The Balaban J connectivity index is 1.98. The van der Waals surface area contributed by atoms with E-state index < -0.39 is 10.8 Å². The normalized spacial score (nSPS) is 13.0. The van der Waals surface area contributed by atoms with Crippen molar-refractivity contribution >= 4 is 38.6 Å². The zero-order chi connectivity index (χ0) is 14.8. The van der Waals surface area contributed by atoms with Crippen molar-refractivity contribution in [2.45, 2.75) is 19.4 Å². The lowest BCUT2D eigenvalue weighted by Gasteiger charge is -2.07. The van der Waals surface area contributed by atoms with Gasteiger partial charge in [-0.2, -0.15) is 0 Å². The predicted molar refractivity (Wildman–Crippen MR) is 87.6 cm³/mol. The van der Waals surface area contributed by atoms with E-state index in [1.165, 1.54) is 0 Å². The van der Waals surface area contributed by atoms with E-state index in [9.17, 15) is 4.21 Å². The molecule has 2 heterocycles. The van der Waals surface area contributed by atoms with Crippen molar-refractivity contribution < 1.29 is 4.21 Å². The third-order valence-electron chi connectivity index (χ3n) is 3.56. The molecule has 3 aromatic rings. The van der Waals surface area contributed by atoms with Crippen LogP contribution < -0.4 is 5.73 Å². The molecule has 1 unspecified atom stereocenters. The van der Waals surface area contributed by atoms with Crippen LogP contribution in [0.3, 0.4) is 0 Å². The van der Waals surface area contributed by atoms with Gasteiger partial charge in [0.1, 0.15) is 5.52 Å². The van der Waals surface area contributed by atoms with Crippen molar-refractivity contribution in [3.8, 4) is 0 Å². The number of imidazole rings is 1. The number of rotatable bonds is 5. The average molecular weight is 302 g/mol. The Labute approximate surface area is 125 Å². The van der Waals surface area contributed by atoms with E-state index in [0.29, 0.717) is 5.82 Å². The fraction of sp³-hybridized carbons (Fsp3) is 0.333. The van der Waals surface area contributed by atoms with Crippen LogP contribution in [0.15, 0.2) is 30.6 Å². The Morgan fingerprint density at radius 3 is 2.90 bits per heavy atom. The SMILES string of the molecule is CS(=O)CCCCn1cnc2c(N)nc3ccccc3c21. The Kier molecular flexibility index (Phi) is 3.88. The number of benzene rings is 1.